The molecule has 0 aliphatic rings. The summed E-state index contributed by atoms with van der Waals surface area (Å²) < 4.78 is 16.5. The van der Waals surface area contributed by atoms with E-state index in [4.69, 9.17) is 4.74 Å². The molecular formula is C16H23N2O7P. The van der Waals surface area contributed by atoms with Crippen LogP contribution in [0.15, 0.2) is 35.7 Å². The van der Waals surface area contributed by atoms with Crippen LogP contribution in [-0.2, 0) is 15.7 Å². The molecule has 0 radical (unpaired) electrons. The van der Waals surface area contributed by atoms with Gasteiger partial charge in [0.25, 0.3) is 5.69 Å². The van der Waals surface area contributed by atoms with E-state index in [2.05, 4.69) is 5.32 Å². The first-order valence-corrected chi connectivity index (χ1v) is 9.36. The van der Waals surface area contributed by atoms with Gasteiger partial charge >= 0.3 is 13.7 Å². The van der Waals surface area contributed by atoms with Crippen LogP contribution in [0.1, 0.15) is 33.3 Å². The van der Waals surface area contributed by atoms with E-state index in [1.165, 1.54) is 37.3 Å². The molecule has 0 aliphatic carbocycles. The molecule has 0 fully saturated rings. The van der Waals surface area contributed by atoms with Gasteiger partial charge in [0.15, 0.2) is 0 Å². The van der Waals surface area contributed by atoms with Crippen molar-refractivity contribution in [2.75, 3.05) is 0 Å². The van der Waals surface area contributed by atoms with E-state index in [-0.39, 0.29) is 17.4 Å². The molecule has 1 rings (SSSR count). The summed E-state index contributed by atoms with van der Waals surface area (Å²) in [5, 5.41) is 13.1. The Kier molecular flexibility index (Phi) is 7.08. The first kappa shape index (κ1) is 21.8. The van der Waals surface area contributed by atoms with E-state index in [9.17, 15) is 29.3 Å². The smallest absolute Gasteiger partial charge is 0.408 e. The molecule has 0 spiro atoms. The van der Waals surface area contributed by atoms with Gasteiger partial charge in [-0.3, -0.25) is 14.7 Å². The first-order valence-electron chi connectivity index (χ1n) is 7.75. The third-order valence-corrected chi connectivity index (χ3v) is 4.27. The normalized spacial score (nSPS) is 13.8. The monoisotopic (exact) mass is 386 g/mol. The van der Waals surface area contributed by atoms with Gasteiger partial charge in [-0.05, 0) is 39.7 Å². The van der Waals surface area contributed by atoms with Crippen LogP contribution < -0.4 is 5.32 Å². The summed E-state index contributed by atoms with van der Waals surface area (Å²) in [6, 6.07) is 4.91. The van der Waals surface area contributed by atoms with Crippen molar-refractivity contribution in [1.82, 2.24) is 5.32 Å². The molecule has 1 atom stereocenters. The topological polar surface area (TPSA) is 139 Å². The van der Waals surface area contributed by atoms with Gasteiger partial charge in [-0.2, -0.15) is 0 Å². The van der Waals surface area contributed by atoms with Crippen LogP contribution in [0, 0.1) is 10.1 Å². The SMILES string of the molecule is C/C(=C\[C@H](Cc1ccc([N+](=O)[O-])cc1)NC(=O)OC(C)(C)C)P(=O)(O)O. The van der Waals surface area contributed by atoms with Crippen LogP contribution >= 0.6 is 7.60 Å². The summed E-state index contributed by atoms with van der Waals surface area (Å²) in [6.45, 7) is 6.33. The predicted octanol–water partition coefficient (Wildman–Crippen LogP) is 3.11. The molecule has 1 aromatic rings. The highest BCUT2D eigenvalue weighted by Gasteiger charge is 2.22. The summed E-state index contributed by atoms with van der Waals surface area (Å²) in [5.74, 6) is 0. The second kappa shape index (κ2) is 8.44. The number of nitro benzene ring substituents is 1. The fraction of sp³-hybridized carbons (Fsp3) is 0.438. The number of carbonyl (C=O) groups excluding carboxylic acids is 1. The summed E-state index contributed by atoms with van der Waals surface area (Å²) in [6.07, 6.45) is 0.694. The minimum absolute atomic E-state index is 0.0765. The number of benzene rings is 1. The number of rotatable bonds is 6. The third kappa shape index (κ3) is 7.77. The van der Waals surface area contributed by atoms with Gasteiger partial charge in [-0.25, -0.2) is 4.79 Å². The van der Waals surface area contributed by atoms with Crippen LogP contribution in [0.25, 0.3) is 0 Å². The van der Waals surface area contributed by atoms with Crippen LogP contribution in [0.2, 0.25) is 0 Å². The lowest BCUT2D eigenvalue weighted by atomic mass is 10.1. The zero-order valence-electron chi connectivity index (χ0n) is 15.0. The summed E-state index contributed by atoms with van der Waals surface area (Å²) in [5.41, 5.74) is -0.164. The summed E-state index contributed by atoms with van der Waals surface area (Å²) in [7, 11) is -4.44. The van der Waals surface area contributed by atoms with Gasteiger partial charge < -0.3 is 19.8 Å². The van der Waals surface area contributed by atoms with Crippen molar-refractivity contribution in [1.29, 1.82) is 0 Å². The minimum Gasteiger partial charge on any atom is -0.444 e. The van der Waals surface area contributed by atoms with Gasteiger partial charge in [0.05, 0.1) is 11.0 Å². The number of allylic oxidation sites excluding steroid dienone is 1. The molecule has 0 bridgehead atoms. The highest BCUT2D eigenvalue weighted by molar-refractivity contribution is 7.56. The fourth-order valence-corrected chi connectivity index (χ4v) is 2.38. The van der Waals surface area contributed by atoms with Crippen molar-refractivity contribution in [2.45, 2.75) is 45.8 Å². The predicted molar refractivity (Wildman–Crippen MR) is 95.8 cm³/mol. The van der Waals surface area contributed by atoms with Crippen molar-refractivity contribution in [3.8, 4) is 0 Å². The third-order valence-electron chi connectivity index (χ3n) is 3.21. The number of hydrogen-bond donors (Lipinski definition) is 3. The maximum absolute atomic E-state index is 12.0. The second-order valence-corrected chi connectivity index (χ2v) is 8.53. The quantitative estimate of drug-likeness (QED) is 0.388. The van der Waals surface area contributed by atoms with Gasteiger partial charge in [0, 0.05) is 17.4 Å². The van der Waals surface area contributed by atoms with Gasteiger partial charge in [-0.15, -0.1) is 0 Å². The van der Waals surface area contributed by atoms with Gasteiger partial charge in [0.2, 0.25) is 0 Å². The molecule has 26 heavy (non-hydrogen) atoms. The number of nitro groups is 1. The molecular weight excluding hydrogens is 363 g/mol. The van der Waals surface area contributed by atoms with Crippen LogP contribution in [0.4, 0.5) is 10.5 Å². The van der Waals surface area contributed by atoms with Crippen molar-refractivity contribution in [3.05, 3.63) is 51.3 Å². The number of ether oxygens (including phenoxy) is 1. The maximum atomic E-state index is 12.0. The molecule has 0 aliphatic heterocycles. The van der Waals surface area contributed by atoms with Crippen molar-refractivity contribution in [3.63, 3.8) is 0 Å². The lowest BCUT2D eigenvalue weighted by Crippen LogP contribution is -2.39. The fourth-order valence-electron chi connectivity index (χ4n) is 2.01. The van der Waals surface area contributed by atoms with E-state index in [0.29, 0.717) is 5.56 Å². The number of amides is 1. The van der Waals surface area contributed by atoms with Crippen LogP contribution in [0.5, 0.6) is 0 Å². The lowest BCUT2D eigenvalue weighted by Gasteiger charge is -2.23. The standard InChI is InChI=1S/C16H23N2O7P/c1-11(26(22,23)24)9-13(17-15(19)25-16(2,3)4)10-12-5-7-14(8-6-12)18(20)21/h5-9,13H,10H2,1-4H3,(H,17,19)(H2,22,23,24)/b11-9+/t13-/m1/s1. The maximum Gasteiger partial charge on any atom is 0.408 e. The molecule has 0 aromatic heterocycles. The average molecular weight is 386 g/mol. The highest BCUT2D eigenvalue weighted by atomic mass is 31.2. The number of non-ortho nitro benzene ring substituents is 1. The lowest BCUT2D eigenvalue weighted by molar-refractivity contribution is -0.384. The molecule has 9 nitrogen and oxygen atoms in total. The Labute approximate surface area is 151 Å². The Bertz CT molecular complexity index is 732. The Morgan fingerprint density at radius 3 is 2.31 bits per heavy atom. The van der Waals surface area contributed by atoms with Crippen LogP contribution in [-0.4, -0.2) is 32.4 Å². The Hall–Kier alpha value is -2.22. The molecule has 3 N–H and O–H groups in total. The van der Waals surface area contributed by atoms with E-state index in [0.717, 1.165) is 0 Å². The van der Waals surface area contributed by atoms with Gasteiger partial charge in [-0.1, -0.05) is 18.2 Å². The molecule has 0 unspecified atom stereocenters. The largest absolute Gasteiger partial charge is 0.444 e. The van der Waals surface area contributed by atoms with Crippen LogP contribution in [0.3, 0.4) is 0 Å². The molecule has 0 saturated heterocycles. The Balaban J connectivity index is 3.01. The van der Waals surface area contributed by atoms with Crippen molar-refractivity contribution >= 4 is 19.4 Å². The number of nitrogens with one attached hydrogen (secondary N) is 1. The van der Waals surface area contributed by atoms with Crippen molar-refractivity contribution in [2.24, 2.45) is 0 Å². The van der Waals surface area contributed by atoms with E-state index >= 15 is 0 Å². The second-order valence-electron chi connectivity index (χ2n) is 6.73. The molecule has 10 heteroatoms. The van der Waals surface area contributed by atoms with E-state index < -0.39 is 30.3 Å². The first-order chi connectivity index (χ1) is 11.8. The van der Waals surface area contributed by atoms with E-state index in [1.54, 1.807) is 20.8 Å². The number of alkyl carbamates (subject to hydrolysis) is 1. The molecule has 144 valence electrons. The zero-order chi connectivity index (χ0) is 20.1. The highest BCUT2D eigenvalue weighted by Crippen LogP contribution is 2.44. The van der Waals surface area contributed by atoms with E-state index in [1.807, 2.05) is 0 Å². The summed E-state index contributed by atoms with van der Waals surface area (Å²) in [4.78, 5) is 40.6. The Morgan fingerprint density at radius 1 is 1.35 bits per heavy atom. The average Bonchev–Trinajstić information content (AvgIpc) is 2.44. The molecule has 1 amide bonds. The minimum atomic E-state index is -4.44. The zero-order valence-corrected chi connectivity index (χ0v) is 15.9. The molecule has 1 aromatic carbocycles. The number of carbonyl (C=O) groups is 1. The molecule has 0 heterocycles. The summed E-state index contributed by atoms with van der Waals surface area (Å²) >= 11 is 0. The van der Waals surface area contributed by atoms with Gasteiger partial charge in [0.1, 0.15) is 5.60 Å². The van der Waals surface area contributed by atoms with Crippen molar-refractivity contribution < 1.29 is 28.8 Å². The number of nitrogens with zero attached hydrogens (tertiary/aromatic N) is 1. The number of hydrogen-bond acceptors (Lipinski definition) is 5. The Morgan fingerprint density at radius 2 is 1.88 bits per heavy atom. The molecule has 0 saturated carbocycles.